The smallest absolute Gasteiger partial charge is 0.223 e. The van der Waals surface area contributed by atoms with E-state index in [-0.39, 0.29) is 5.78 Å². The standard InChI is InChI=1S/C13H8N2O2S/c16-12(9-4-1-2-6-14-9)13-11(15-8-18-13)10-5-3-7-17-10/h1-8H. The maximum atomic E-state index is 12.3. The molecule has 3 aromatic heterocycles. The Morgan fingerprint density at radius 2 is 2.11 bits per heavy atom. The highest BCUT2D eigenvalue weighted by atomic mass is 32.1. The molecule has 0 aromatic carbocycles. The summed E-state index contributed by atoms with van der Waals surface area (Å²) in [6, 6.07) is 8.80. The molecule has 0 bridgehead atoms. The number of ketones is 1. The summed E-state index contributed by atoms with van der Waals surface area (Å²) < 4.78 is 5.28. The maximum absolute atomic E-state index is 12.3. The second kappa shape index (κ2) is 4.54. The van der Waals surface area contributed by atoms with Gasteiger partial charge >= 0.3 is 0 Å². The molecule has 0 amide bonds. The van der Waals surface area contributed by atoms with Crippen LogP contribution in [0, 0.1) is 0 Å². The number of aromatic nitrogens is 2. The Kier molecular flexibility index (Phi) is 2.74. The van der Waals surface area contributed by atoms with Crippen molar-refractivity contribution in [1.82, 2.24) is 9.97 Å². The molecule has 0 atom stereocenters. The van der Waals surface area contributed by atoms with Crippen molar-refractivity contribution in [3.05, 3.63) is 58.9 Å². The molecule has 0 spiro atoms. The van der Waals surface area contributed by atoms with E-state index >= 15 is 0 Å². The highest BCUT2D eigenvalue weighted by Gasteiger charge is 2.19. The van der Waals surface area contributed by atoms with Gasteiger partial charge in [-0.1, -0.05) is 6.07 Å². The van der Waals surface area contributed by atoms with Crippen molar-refractivity contribution in [2.45, 2.75) is 0 Å². The van der Waals surface area contributed by atoms with Gasteiger partial charge in [-0.25, -0.2) is 4.98 Å². The molecule has 0 fully saturated rings. The van der Waals surface area contributed by atoms with Crippen LogP contribution >= 0.6 is 11.3 Å². The van der Waals surface area contributed by atoms with Gasteiger partial charge in [0.2, 0.25) is 5.78 Å². The predicted octanol–water partition coefficient (Wildman–Crippen LogP) is 3.03. The molecule has 18 heavy (non-hydrogen) atoms. The molecule has 3 heterocycles. The summed E-state index contributed by atoms with van der Waals surface area (Å²) in [7, 11) is 0. The van der Waals surface area contributed by atoms with Gasteiger partial charge in [-0.05, 0) is 24.3 Å². The number of nitrogens with zero attached hydrogens (tertiary/aromatic N) is 2. The van der Waals surface area contributed by atoms with Crippen LogP contribution in [0.1, 0.15) is 15.4 Å². The number of rotatable bonds is 3. The number of hydrogen-bond acceptors (Lipinski definition) is 5. The minimum Gasteiger partial charge on any atom is -0.463 e. The lowest BCUT2D eigenvalue weighted by molar-refractivity contribution is 0.103. The van der Waals surface area contributed by atoms with E-state index in [0.717, 1.165) is 0 Å². The summed E-state index contributed by atoms with van der Waals surface area (Å²) in [5.41, 5.74) is 2.61. The summed E-state index contributed by atoms with van der Waals surface area (Å²) >= 11 is 1.29. The Morgan fingerprint density at radius 3 is 2.83 bits per heavy atom. The van der Waals surface area contributed by atoms with Crippen molar-refractivity contribution in [3.63, 3.8) is 0 Å². The van der Waals surface area contributed by atoms with E-state index in [1.807, 2.05) is 0 Å². The molecule has 0 saturated heterocycles. The van der Waals surface area contributed by atoms with Gasteiger partial charge in [0.1, 0.15) is 16.3 Å². The van der Waals surface area contributed by atoms with Crippen LogP contribution in [0.3, 0.4) is 0 Å². The Hall–Kier alpha value is -2.27. The first-order valence-corrected chi connectivity index (χ1v) is 6.17. The van der Waals surface area contributed by atoms with Crippen LogP contribution in [0.2, 0.25) is 0 Å². The van der Waals surface area contributed by atoms with Crippen LogP contribution < -0.4 is 0 Å². The number of thiazole rings is 1. The minimum atomic E-state index is -0.135. The lowest BCUT2D eigenvalue weighted by atomic mass is 10.1. The molecule has 3 rings (SSSR count). The number of furan rings is 1. The van der Waals surface area contributed by atoms with Crippen LogP contribution in [0.4, 0.5) is 0 Å². The van der Waals surface area contributed by atoms with Crippen LogP contribution in [0.25, 0.3) is 11.5 Å². The van der Waals surface area contributed by atoms with Crippen LogP contribution in [0.5, 0.6) is 0 Å². The average molecular weight is 256 g/mol. The molecule has 4 nitrogen and oxygen atoms in total. The fourth-order valence-electron chi connectivity index (χ4n) is 1.61. The van der Waals surface area contributed by atoms with Gasteiger partial charge in [-0.15, -0.1) is 11.3 Å². The van der Waals surface area contributed by atoms with E-state index in [9.17, 15) is 4.79 Å². The second-order valence-corrected chi connectivity index (χ2v) is 4.41. The minimum absolute atomic E-state index is 0.135. The van der Waals surface area contributed by atoms with E-state index in [1.54, 1.807) is 48.3 Å². The molecule has 0 aliphatic carbocycles. The topological polar surface area (TPSA) is 56.0 Å². The molecule has 0 aliphatic heterocycles. The van der Waals surface area contributed by atoms with Crippen LogP contribution in [-0.2, 0) is 0 Å². The predicted molar refractivity (Wildman–Crippen MR) is 67.5 cm³/mol. The number of carbonyl (C=O) groups is 1. The average Bonchev–Trinajstić information content (AvgIpc) is 3.09. The number of pyridine rings is 1. The highest BCUT2D eigenvalue weighted by molar-refractivity contribution is 7.12. The highest BCUT2D eigenvalue weighted by Crippen LogP contribution is 2.27. The van der Waals surface area contributed by atoms with E-state index in [1.165, 1.54) is 11.3 Å². The van der Waals surface area contributed by atoms with Crippen molar-refractivity contribution >= 4 is 17.1 Å². The lowest BCUT2D eigenvalue weighted by Gasteiger charge is -1.98. The summed E-state index contributed by atoms with van der Waals surface area (Å²) in [6.45, 7) is 0. The molecular formula is C13H8N2O2S. The SMILES string of the molecule is O=C(c1ccccn1)c1scnc1-c1ccco1. The molecular weight excluding hydrogens is 248 g/mol. The molecule has 0 aliphatic rings. The first kappa shape index (κ1) is 10.9. The van der Waals surface area contributed by atoms with E-state index in [2.05, 4.69) is 9.97 Å². The zero-order chi connectivity index (χ0) is 12.4. The molecule has 0 unspecified atom stereocenters. The molecule has 0 saturated carbocycles. The zero-order valence-corrected chi connectivity index (χ0v) is 10.1. The molecule has 5 heteroatoms. The van der Waals surface area contributed by atoms with Gasteiger partial charge < -0.3 is 4.42 Å². The molecule has 3 aromatic rings. The first-order valence-electron chi connectivity index (χ1n) is 5.29. The zero-order valence-electron chi connectivity index (χ0n) is 9.24. The Morgan fingerprint density at radius 1 is 1.17 bits per heavy atom. The van der Waals surface area contributed by atoms with Gasteiger partial charge in [0.15, 0.2) is 5.76 Å². The fourth-order valence-corrected chi connectivity index (χ4v) is 2.35. The summed E-state index contributed by atoms with van der Waals surface area (Å²) in [6.07, 6.45) is 3.16. The van der Waals surface area contributed by atoms with E-state index in [4.69, 9.17) is 4.42 Å². The molecule has 88 valence electrons. The monoisotopic (exact) mass is 256 g/mol. The van der Waals surface area contributed by atoms with Crippen molar-refractivity contribution in [3.8, 4) is 11.5 Å². The number of carbonyl (C=O) groups excluding carboxylic acids is 1. The Balaban J connectivity index is 2.04. The lowest BCUT2D eigenvalue weighted by Crippen LogP contribution is -2.02. The molecule has 0 N–H and O–H groups in total. The van der Waals surface area contributed by atoms with Gasteiger partial charge in [0, 0.05) is 6.20 Å². The van der Waals surface area contributed by atoms with E-state index < -0.39 is 0 Å². The summed E-state index contributed by atoms with van der Waals surface area (Å²) in [5.74, 6) is 0.458. The third-order valence-electron chi connectivity index (χ3n) is 2.43. The Labute approximate surface area is 107 Å². The summed E-state index contributed by atoms with van der Waals surface area (Å²) in [5, 5.41) is 0. The third kappa shape index (κ3) is 1.84. The summed E-state index contributed by atoms with van der Waals surface area (Å²) in [4.78, 5) is 21.1. The largest absolute Gasteiger partial charge is 0.463 e. The van der Waals surface area contributed by atoms with Gasteiger partial charge in [-0.3, -0.25) is 9.78 Å². The van der Waals surface area contributed by atoms with Crippen LogP contribution in [0.15, 0.2) is 52.7 Å². The van der Waals surface area contributed by atoms with Crippen molar-refractivity contribution in [2.75, 3.05) is 0 Å². The van der Waals surface area contributed by atoms with Crippen molar-refractivity contribution in [1.29, 1.82) is 0 Å². The van der Waals surface area contributed by atoms with E-state index in [0.29, 0.717) is 22.0 Å². The quantitative estimate of drug-likeness (QED) is 0.676. The van der Waals surface area contributed by atoms with Gasteiger partial charge in [0.05, 0.1) is 11.8 Å². The second-order valence-electron chi connectivity index (χ2n) is 3.55. The van der Waals surface area contributed by atoms with Crippen molar-refractivity contribution < 1.29 is 9.21 Å². The van der Waals surface area contributed by atoms with Gasteiger partial charge in [0.25, 0.3) is 0 Å². The van der Waals surface area contributed by atoms with Gasteiger partial charge in [-0.2, -0.15) is 0 Å². The van der Waals surface area contributed by atoms with Crippen molar-refractivity contribution in [2.24, 2.45) is 0 Å². The number of hydrogen-bond donors (Lipinski definition) is 0. The third-order valence-corrected chi connectivity index (χ3v) is 3.25. The van der Waals surface area contributed by atoms with Crippen LogP contribution in [-0.4, -0.2) is 15.8 Å². The Bertz CT molecular complexity index is 659. The molecule has 0 radical (unpaired) electrons. The maximum Gasteiger partial charge on any atom is 0.223 e. The normalized spacial score (nSPS) is 10.4. The fraction of sp³-hybridized carbons (Fsp3) is 0. The first-order chi connectivity index (χ1) is 8.86.